The first-order valence-corrected chi connectivity index (χ1v) is 6.40. The second-order valence-corrected chi connectivity index (χ2v) is 4.59. The van der Waals surface area contributed by atoms with E-state index in [4.69, 9.17) is 16.3 Å². The van der Waals surface area contributed by atoms with Crippen molar-refractivity contribution in [2.45, 2.75) is 6.42 Å². The molecule has 0 amide bonds. The molecule has 0 aliphatic carbocycles. The molecule has 0 saturated heterocycles. The van der Waals surface area contributed by atoms with Gasteiger partial charge in [-0.05, 0) is 12.1 Å². The summed E-state index contributed by atoms with van der Waals surface area (Å²) in [6, 6.07) is 7.89. The molecule has 0 radical (unpaired) electrons. The van der Waals surface area contributed by atoms with E-state index in [0.717, 1.165) is 28.4 Å². The van der Waals surface area contributed by atoms with Gasteiger partial charge in [-0.25, -0.2) is 4.98 Å². The van der Waals surface area contributed by atoms with Crippen LogP contribution in [0.4, 0.5) is 0 Å². The molecule has 0 unspecified atom stereocenters. The molecule has 0 atom stereocenters. The Hall–Kier alpha value is -1.06. The number of benzene rings is 1. The molecule has 0 aliphatic rings. The number of hydrogen-bond donors (Lipinski definition) is 0. The zero-order valence-corrected chi connectivity index (χ0v) is 10.5. The van der Waals surface area contributed by atoms with Crippen molar-refractivity contribution < 1.29 is 4.74 Å². The molecule has 0 bridgehead atoms. The van der Waals surface area contributed by atoms with Crippen LogP contribution in [-0.4, -0.2) is 18.0 Å². The predicted molar refractivity (Wildman–Crippen MR) is 68.5 cm³/mol. The Morgan fingerprint density at radius 2 is 2.19 bits per heavy atom. The lowest BCUT2D eigenvalue weighted by Crippen LogP contribution is -1.88. The average Bonchev–Trinajstić information content (AvgIpc) is 2.78. The van der Waals surface area contributed by atoms with Crippen molar-refractivity contribution in [2.24, 2.45) is 0 Å². The molecule has 0 aliphatic heterocycles. The van der Waals surface area contributed by atoms with E-state index in [9.17, 15) is 0 Å². The fraction of sp³-hybridized carbons (Fsp3) is 0.250. The molecule has 0 spiro atoms. The van der Waals surface area contributed by atoms with E-state index in [1.807, 2.05) is 29.6 Å². The molecule has 0 N–H and O–H groups in total. The maximum Gasteiger partial charge on any atom is 0.128 e. The van der Waals surface area contributed by atoms with Gasteiger partial charge in [-0.15, -0.1) is 22.9 Å². The van der Waals surface area contributed by atoms with Crippen molar-refractivity contribution in [1.82, 2.24) is 4.98 Å². The Kier molecular flexibility index (Phi) is 3.80. The summed E-state index contributed by atoms with van der Waals surface area (Å²) >= 11 is 7.33. The van der Waals surface area contributed by atoms with Gasteiger partial charge in [-0.2, -0.15) is 0 Å². The SMILES string of the molecule is COc1ccccc1-c1csc(CCCl)n1. The minimum Gasteiger partial charge on any atom is -0.496 e. The van der Waals surface area contributed by atoms with Crippen LogP contribution >= 0.6 is 22.9 Å². The molecule has 1 aromatic carbocycles. The van der Waals surface area contributed by atoms with Crippen molar-refractivity contribution >= 4 is 22.9 Å². The Morgan fingerprint density at radius 1 is 1.38 bits per heavy atom. The lowest BCUT2D eigenvalue weighted by atomic mass is 10.1. The lowest BCUT2D eigenvalue weighted by molar-refractivity contribution is 0.416. The van der Waals surface area contributed by atoms with Gasteiger partial charge in [-0.3, -0.25) is 0 Å². The number of thiazole rings is 1. The van der Waals surface area contributed by atoms with E-state index in [1.165, 1.54) is 0 Å². The minimum atomic E-state index is 0.610. The van der Waals surface area contributed by atoms with Crippen LogP contribution in [0.2, 0.25) is 0 Å². The van der Waals surface area contributed by atoms with Gasteiger partial charge in [0.25, 0.3) is 0 Å². The van der Waals surface area contributed by atoms with Crippen LogP contribution in [0.15, 0.2) is 29.6 Å². The van der Waals surface area contributed by atoms with E-state index in [2.05, 4.69) is 4.98 Å². The molecule has 84 valence electrons. The molecule has 2 rings (SSSR count). The highest BCUT2D eigenvalue weighted by molar-refractivity contribution is 7.10. The molecule has 16 heavy (non-hydrogen) atoms. The second-order valence-electron chi connectivity index (χ2n) is 3.27. The van der Waals surface area contributed by atoms with Crippen LogP contribution in [0.25, 0.3) is 11.3 Å². The third-order valence-electron chi connectivity index (χ3n) is 2.24. The number of para-hydroxylation sites is 1. The smallest absolute Gasteiger partial charge is 0.128 e. The van der Waals surface area contributed by atoms with Crippen molar-refractivity contribution in [3.05, 3.63) is 34.7 Å². The summed E-state index contributed by atoms with van der Waals surface area (Å²) in [5, 5.41) is 3.11. The van der Waals surface area contributed by atoms with Crippen LogP contribution in [-0.2, 0) is 6.42 Å². The van der Waals surface area contributed by atoms with Gasteiger partial charge >= 0.3 is 0 Å². The highest BCUT2D eigenvalue weighted by Gasteiger charge is 2.08. The zero-order chi connectivity index (χ0) is 11.4. The summed E-state index contributed by atoms with van der Waals surface area (Å²) in [7, 11) is 1.67. The van der Waals surface area contributed by atoms with Crippen LogP contribution in [0.1, 0.15) is 5.01 Å². The zero-order valence-electron chi connectivity index (χ0n) is 8.94. The Morgan fingerprint density at radius 3 is 2.94 bits per heavy atom. The lowest BCUT2D eigenvalue weighted by Gasteiger charge is -2.04. The number of aromatic nitrogens is 1. The molecule has 1 aromatic heterocycles. The molecular weight excluding hydrogens is 242 g/mol. The number of rotatable bonds is 4. The molecule has 4 heteroatoms. The normalized spacial score (nSPS) is 10.4. The molecule has 0 fully saturated rings. The summed E-state index contributed by atoms with van der Waals surface area (Å²) in [5.74, 6) is 1.46. The Balaban J connectivity index is 2.34. The third-order valence-corrected chi connectivity index (χ3v) is 3.34. The third kappa shape index (κ3) is 2.36. The highest BCUT2D eigenvalue weighted by atomic mass is 35.5. The maximum absolute atomic E-state index is 5.69. The topological polar surface area (TPSA) is 22.1 Å². The van der Waals surface area contributed by atoms with Crippen LogP contribution in [0.3, 0.4) is 0 Å². The van der Waals surface area contributed by atoms with Gasteiger partial charge in [0.15, 0.2) is 0 Å². The van der Waals surface area contributed by atoms with Crippen LogP contribution < -0.4 is 4.74 Å². The minimum absolute atomic E-state index is 0.610. The number of nitrogens with zero attached hydrogens (tertiary/aromatic N) is 1. The summed E-state index contributed by atoms with van der Waals surface area (Å²) < 4.78 is 5.31. The first kappa shape index (κ1) is 11.4. The number of aryl methyl sites for hydroxylation is 1. The fourth-order valence-electron chi connectivity index (χ4n) is 1.49. The number of halogens is 1. The largest absolute Gasteiger partial charge is 0.496 e. The summed E-state index contributed by atoms with van der Waals surface area (Å²) in [5.41, 5.74) is 1.99. The maximum atomic E-state index is 5.69. The summed E-state index contributed by atoms with van der Waals surface area (Å²) in [6.07, 6.45) is 0.821. The van der Waals surface area contributed by atoms with E-state index in [0.29, 0.717) is 5.88 Å². The van der Waals surface area contributed by atoms with Crippen LogP contribution in [0.5, 0.6) is 5.75 Å². The van der Waals surface area contributed by atoms with Crippen molar-refractivity contribution in [3.63, 3.8) is 0 Å². The van der Waals surface area contributed by atoms with E-state index in [-0.39, 0.29) is 0 Å². The van der Waals surface area contributed by atoms with Gasteiger partial charge in [0.05, 0.1) is 17.8 Å². The predicted octanol–water partition coefficient (Wildman–Crippen LogP) is 3.60. The molecule has 2 nitrogen and oxygen atoms in total. The fourth-order valence-corrected chi connectivity index (χ4v) is 2.58. The van der Waals surface area contributed by atoms with E-state index < -0.39 is 0 Å². The highest BCUT2D eigenvalue weighted by Crippen LogP contribution is 2.30. The number of ether oxygens (including phenoxy) is 1. The second kappa shape index (κ2) is 5.32. The Labute approximate surface area is 104 Å². The monoisotopic (exact) mass is 253 g/mol. The Bertz CT molecular complexity index is 470. The molecular formula is C12H12ClNOS. The molecule has 1 heterocycles. The van der Waals surface area contributed by atoms with Gasteiger partial charge < -0.3 is 4.74 Å². The summed E-state index contributed by atoms with van der Waals surface area (Å²) in [6.45, 7) is 0. The van der Waals surface area contributed by atoms with Gasteiger partial charge in [-0.1, -0.05) is 12.1 Å². The number of alkyl halides is 1. The standard InChI is InChI=1S/C12H12ClNOS/c1-15-11-5-3-2-4-9(11)10-8-16-12(14-10)6-7-13/h2-5,8H,6-7H2,1H3. The average molecular weight is 254 g/mol. The van der Waals surface area contributed by atoms with Gasteiger partial charge in [0, 0.05) is 23.2 Å². The van der Waals surface area contributed by atoms with Crippen molar-refractivity contribution in [1.29, 1.82) is 0 Å². The van der Waals surface area contributed by atoms with Gasteiger partial charge in [0.2, 0.25) is 0 Å². The summed E-state index contributed by atoms with van der Waals surface area (Å²) in [4.78, 5) is 4.53. The van der Waals surface area contributed by atoms with Gasteiger partial charge in [0.1, 0.15) is 5.75 Å². The quantitative estimate of drug-likeness (QED) is 0.777. The molecule has 0 saturated carbocycles. The first-order chi connectivity index (χ1) is 7.85. The van der Waals surface area contributed by atoms with E-state index >= 15 is 0 Å². The van der Waals surface area contributed by atoms with Crippen molar-refractivity contribution in [2.75, 3.05) is 13.0 Å². The van der Waals surface area contributed by atoms with Crippen LogP contribution in [0, 0.1) is 0 Å². The van der Waals surface area contributed by atoms with Crippen molar-refractivity contribution in [3.8, 4) is 17.0 Å². The number of hydrogen-bond acceptors (Lipinski definition) is 3. The first-order valence-electron chi connectivity index (χ1n) is 4.99. The molecule has 2 aromatic rings. The number of methoxy groups -OCH3 is 1. The van der Waals surface area contributed by atoms with E-state index in [1.54, 1.807) is 18.4 Å².